The maximum absolute atomic E-state index is 13.0. The molecule has 1 heterocycles. The molecule has 0 fully saturated rings. The predicted octanol–water partition coefficient (Wildman–Crippen LogP) is 2.67. The van der Waals surface area contributed by atoms with E-state index in [1.54, 1.807) is 42.3 Å². The van der Waals surface area contributed by atoms with Crippen molar-refractivity contribution in [3.63, 3.8) is 0 Å². The second-order valence-electron chi connectivity index (χ2n) is 6.61. The van der Waals surface area contributed by atoms with E-state index in [0.29, 0.717) is 35.6 Å². The number of fused-ring (bicyclic) bond motifs is 1. The molecule has 0 aliphatic rings. The van der Waals surface area contributed by atoms with Gasteiger partial charge < -0.3 is 10.0 Å². The van der Waals surface area contributed by atoms with E-state index in [4.69, 9.17) is 5.11 Å². The number of benzene rings is 2. The Morgan fingerprint density at radius 1 is 1.21 bits per heavy atom. The van der Waals surface area contributed by atoms with Gasteiger partial charge in [-0.05, 0) is 36.2 Å². The van der Waals surface area contributed by atoms with Crippen LogP contribution in [0.25, 0.3) is 10.9 Å². The first kappa shape index (κ1) is 21.0. The average molecular weight is 415 g/mol. The number of aliphatic hydroxyl groups is 1. The van der Waals surface area contributed by atoms with Gasteiger partial charge in [0.1, 0.15) is 5.82 Å². The molecule has 0 atom stereocenters. The summed E-state index contributed by atoms with van der Waals surface area (Å²) < 4.78 is 14.5. The third-order valence-corrected chi connectivity index (χ3v) is 5.41. The average Bonchev–Trinajstić information content (AvgIpc) is 2.73. The van der Waals surface area contributed by atoms with Gasteiger partial charge >= 0.3 is 0 Å². The van der Waals surface area contributed by atoms with Crippen LogP contribution in [0, 0.1) is 5.82 Å². The van der Waals surface area contributed by atoms with E-state index in [-0.39, 0.29) is 29.6 Å². The fourth-order valence-corrected chi connectivity index (χ4v) is 3.84. The lowest BCUT2D eigenvalue weighted by Gasteiger charge is -2.18. The highest BCUT2D eigenvalue weighted by molar-refractivity contribution is 7.99. The van der Waals surface area contributed by atoms with E-state index in [2.05, 4.69) is 4.98 Å². The number of aliphatic hydroxyl groups excluding tert-OH is 1. The topological polar surface area (TPSA) is 75.4 Å². The highest BCUT2D eigenvalue weighted by Gasteiger charge is 2.15. The molecule has 1 aromatic heterocycles. The van der Waals surface area contributed by atoms with E-state index in [1.807, 2.05) is 6.07 Å². The van der Waals surface area contributed by atoms with Crippen molar-refractivity contribution in [2.75, 3.05) is 19.4 Å². The van der Waals surface area contributed by atoms with Gasteiger partial charge in [-0.1, -0.05) is 36.0 Å². The fourth-order valence-electron chi connectivity index (χ4n) is 2.87. The van der Waals surface area contributed by atoms with Gasteiger partial charge in [0.2, 0.25) is 5.91 Å². The standard InChI is InChI=1S/C21H22FN3O3S/c1-24(13-15-7-9-16(22)10-8-15)19(27)14-29-21-23-18-6-3-2-5-17(18)20(28)25(21)11-4-12-26/h2-3,5-10,26H,4,11-14H2,1H3. The third kappa shape index (κ3) is 5.21. The molecule has 3 aromatic rings. The van der Waals surface area contributed by atoms with E-state index in [0.717, 1.165) is 5.56 Å². The molecule has 2 aromatic carbocycles. The number of aromatic nitrogens is 2. The van der Waals surface area contributed by atoms with Crippen LogP contribution < -0.4 is 5.56 Å². The fraction of sp³-hybridized carbons (Fsp3) is 0.286. The Balaban J connectivity index is 1.75. The number of thioether (sulfide) groups is 1. The molecule has 29 heavy (non-hydrogen) atoms. The van der Waals surface area contributed by atoms with Crippen molar-refractivity contribution in [3.05, 3.63) is 70.3 Å². The van der Waals surface area contributed by atoms with Gasteiger partial charge in [-0.25, -0.2) is 9.37 Å². The number of para-hydroxylation sites is 1. The van der Waals surface area contributed by atoms with Crippen molar-refractivity contribution in [3.8, 4) is 0 Å². The summed E-state index contributed by atoms with van der Waals surface area (Å²) in [4.78, 5) is 31.4. The zero-order valence-corrected chi connectivity index (χ0v) is 16.9. The molecule has 3 rings (SSSR count). The molecule has 0 radical (unpaired) electrons. The van der Waals surface area contributed by atoms with Crippen LogP contribution in [0.1, 0.15) is 12.0 Å². The summed E-state index contributed by atoms with van der Waals surface area (Å²) in [7, 11) is 1.68. The number of hydrogen-bond donors (Lipinski definition) is 1. The summed E-state index contributed by atoms with van der Waals surface area (Å²) in [6.07, 6.45) is 0.423. The summed E-state index contributed by atoms with van der Waals surface area (Å²) in [6.45, 7) is 0.653. The number of halogens is 1. The van der Waals surface area contributed by atoms with E-state index >= 15 is 0 Å². The molecular formula is C21H22FN3O3S. The molecule has 0 unspecified atom stereocenters. The summed E-state index contributed by atoms with van der Waals surface area (Å²) in [5, 5.41) is 10.1. The highest BCUT2D eigenvalue weighted by Crippen LogP contribution is 2.19. The zero-order chi connectivity index (χ0) is 20.8. The molecule has 6 nitrogen and oxygen atoms in total. The Hall–Kier alpha value is -2.71. The minimum Gasteiger partial charge on any atom is -0.396 e. The van der Waals surface area contributed by atoms with Gasteiger partial charge in [0.15, 0.2) is 5.16 Å². The maximum Gasteiger partial charge on any atom is 0.262 e. The normalized spacial score (nSPS) is 11.0. The first-order valence-corrected chi connectivity index (χ1v) is 10.2. The summed E-state index contributed by atoms with van der Waals surface area (Å²) in [5.74, 6) is -0.335. The number of rotatable bonds is 8. The molecule has 1 amide bonds. The summed E-state index contributed by atoms with van der Waals surface area (Å²) in [5.41, 5.74) is 1.22. The second-order valence-corrected chi connectivity index (χ2v) is 7.55. The van der Waals surface area contributed by atoms with E-state index in [9.17, 15) is 14.0 Å². The summed E-state index contributed by atoms with van der Waals surface area (Å²) >= 11 is 1.19. The molecule has 1 N–H and O–H groups in total. The minimum absolute atomic E-state index is 0.0390. The first-order valence-electron chi connectivity index (χ1n) is 9.21. The number of hydrogen-bond acceptors (Lipinski definition) is 5. The zero-order valence-electron chi connectivity index (χ0n) is 16.0. The van der Waals surface area contributed by atoms with Crippen LogP contribution in [0.2, 0.25) is 0 Å². The van der Waals surface area contributed by atoms with Gasteiger partial charge in [0, 0.05) is 26.7 Å². The largest absolute Gasteiger partial charge is 0.396 e. The lowest BCUT2D eigenvalue weighted by molar-refractivity contribution is -0.127. The van der Waals surface area contributed by atoms with Gasteiger partial charge in [0.25, 0.3) is 5.56 Å². The monoisotopic (exact) mass is 415 g/mol. The maximum atomic E-state index is 13.0. The predicted molar refractivity (Wildman–Crippen MR) is 111 cm³/mol. The van der Waals surface area contributed by atoms with Crippen LogP contribution in [-0.4, -0.2) is 44.9 Å². The Bertz CT molecular complexity index is 1050. The van der Waals surface area contributed by atoms with Gasteiger partial charge in [-0.3, -0.25) is 14.2 Å². The van der Waals surface area contributed by atoms with Crippen molar-refractivity contribution in [2.24, 2.45) is 0 Å². The van der Waals surface area contributed by atoms with Crippen LogP contribution in [-0.2, 0) is 17.9 Å². The van der Waals surface area contributed by atoms with E-state index in [1.165, 1.54) is 28.5 Å². The van der Waals surface area contributed by atoms with Crippen molar-refractivity contribution in [2.45, 2.75) is 24.7 Å². The van der Waals surface area contributed by atoms with Crippen molar-refractivity contribution < 1.29 is 14.3 Å². The number of carbonyl (C=O) groups excluding carboxylic acids is 1. The quantitative estimate of drug-likeness (QED) is 0.452. The van der Waals surface area contributed by atoms with Crippen molar-refractivity contribution in [1.29, 1.82) is 0 Å². The lowest BCUT2D eigenvalue weighted by Crippen LogP contribution is -2.29. The van der Waals surface area contributed by atoms with Crippen molar-refractivity contribution in [1.82, 2.24) is 14.5 Å². The van der Waals surface area contributed by atoms with Gasteiger partial charge in [-0.2, -0.15) is 0 Å². The first-order chi connectivity index (χ1) is 14.0. The molecular weight excluding hydrogens is 393 g/mol. The van der Waals surface area contributed by atoms with Gasteiger partial charge in [-0.15, -0.1) is 0 Å². The van der Waals surface area contributed by atoms with Crippen LogP contribution in [0.15, 0.2) is 58.5 Å². The third-order valence-electron chi connectivity index (χ3n) is 4.45. The number of amides is 1. The molecule has 0 saturated carbocycles. The van der Waals surface area contributed by atoms with Crippen LogP contribution in [0.3, 0.4) is 0 Å². The smallest absolute Gasteiger partial charge is 0.262 e. The number of carbonyl (C=O) groups is 1. The molecule has 0 saturated heterocycles. The molecule has 0 aliphatic heterocycles. The molecule has 0 bridgehead atoms. The van der Waals surface area contributed by atoms with Crippen LogP contribution in [0.5, 0.6) is 0 Å². The lowest BCUT2D eigenvalue weighted by atomic mass is 10.2. The Kier molecular flexibility index (Phi) is 7.00. The molecule has 0 spiro atoms. The molecule has 8 heteroatoms. The molecule has 0 aliphatic carbocycles. The van der Waals surface area contributed by atoms with E-state index < -0.39 is 0 Å². The Morgan fingerprint density at radius 2 is 1.93 bits per heavy atom. The van der Waals surface area contributed by atoms with Crippen LogP contribution >= 0.6 is 11.8 Å². The minimum atomic E-state index is -0.318. The Labute approximate surface area is 172 Å². The SMILES string of the molecule is CN(Cc1ccc(F)cc1)C(=O)CSc1nc2ccccc2c(=O)n1CCCO. The van der Waals surface area contributed by atoms with Crippen molar-refractivity contribution >= 4 is 28.6 Å². The van der Waals surface area contributed by atoms with Crippen LogP contribution in [0.4, 0.5) is 4.39 Å². The summed E-state index contributed by atoms with van der Waals surface area (Å²) in [6, 6.07) is 13.1. The van der Waals surface area contributed by atoms with Gasteiger partial charge in [0.05, 0.1) is 16.7 Å². The molecule has 152 valence electrons. The highest BCUT2D eigenvalue weighted by atomic mass is 32.2. The Morgan fingerprint density at radius 3 is 2.66 bits per heavy atom. The number of nitrogens with zero attached hydrogens (tertiary/aromatic N) is 3. The second kappa shape index (κ2) is 9.67.